The Morgan fingerprint density at radius 2 is 2.47 bits per heavy atom. The van der Waals surface area contributed by atoms with Gasteiger partial charge in [-0.1, -0.05) is 6.92 Å². The van der Waals surface area contributed by atoms with Gasteiger partial charge in [-0.05, 0) is 25.3 Å². The Balaban J connectivity index is 2.20. The summed E-state index contributed by atoms with van der Waals surface area (Å²) in [5, 5.41) is 2.97. The number of hydrogen-bond acceptors (Lipinski definition) is 4. The highest BCUT2D eigenvalue weighted by molar-refractivity contribution is 5.44. The van der Waals surface area contributed by atoms with Crippen LogP contribution in [-0.4, -0.2) is 29.6 Å². The molecular formula is C11H18N4. The topological polar surface area (TPSA) is 41.1 Å². The van der Waals surface area contributed by atoms with Gasteiger partial charge in [-0.25, -0.2) is 4.98 Å². The fraction of sp³-hybridized carbons (Fsp3) is 0.636. The number of aromatic nitrogens is 2. The minimum absolute atomic E-state index is 0.657. The molecule has 1 aromatic rings. The molecule has 1 atom stereocenters. The average Bonchev–Trinajstić information content (AvgIpc) is 2.77. The van der Waals surface area contributed by atoms with Crippen molar-refractivity contribution in [1.82, 2.24) is 9.97 Å². The standard InChI is InChI=1S/C11H18N4/c1-3-9-5-4-8-15(9)10-6-7-13-11(12-2)14-10/h6-7,9H,3-5,8H2,1-2H3,(H,12,13,14). The van der Waals surface area contributed by atoms with Crippen LogP contribution < -0.4 is 10.2 Å². The second-order valence-electron chi connectivity index (χ2n) is 3.89. The minimum atomic E-state index is 0.657. The molecule has 1 saturated heterocycles. The number of nitrogens with one attached hydrogen (secondary N) is 1. The van der Waals surface area contributed by atoms with Gasteiger partial charge >= 0.3 is 0 Å². The molecule has 1 fully saturated rings. The van der Waals surface area contributed by atoms with Gasteiger partial charge in [0.25, 0.3) is 0 Å². The first-order valence-electron chi connectivity index (χ1n) is 5.62. The van der Waals surface area contributed by atoms with Crippen LogP contribution in [0.15, 0.2) is 12.3 Å². The quantitative estimate of drug-likeness (QED) is 0.820. The van der Waals surface area contributed by atoms with Gasteiger partial charge < -0.3 is 10.2 Å². The molecule has 4 heteroatoms. The van der Waals surface area contributed by atoms with Gasteiger partial charge in [0, 0.05) is 25.8 Å². The lowest BCUT2D eigenvalue weighted by molar-refractivity contribution is 0.640. The molecule has 0 radical (unpaired) electrons. The molecular weight excluding hydrogens is 188 g/mol. The van der Waals surface area contributed by atoms with Crippen molar-refractivity contribution in [1.29, 1.82) is 0 Å². The van der Waals surface area contributed by atoms with Gasteiger partial charge in [0.15, 0.2) is 0 Å². The first-order chi connectivity index (χ1) is 7.35. The van der Waals surface area contributed by atoms with Gasteiger partial charge in [0.05, 0.1) is 0 Å². The molecule has 1 aliphatic heterocycles. The molecule has 0 saturated carbocycles. The smallest absolute Gasteiger partial charge is 0.224 e. The lowest BCUT2D eigenvalue weighted by atomic mass is 10.2. The summed E-state index contributed by atoms with van der Waals surface area (Å²) in [5.41, 5.74) is 0. The molecule has 0 spiro atoms. The van der Waals surface area contributed by atoms with Crippen LogP contribution in [0.5, 0.6) is 0 Å². The molecule has 0 amide bonds. The molecule has 1 N–H and O–H groups in total. The fourth-order valence-corrected chi connectivity index (χ4v) is 2.19. The van der Waals surface area contributed by atoms with Crippen molar-refractivity contribution < 1.29 is 0 Å². The van der Waals surface area contributed by atoms with Crippen LogP contribution in [0.25, 0.3) is 0 Å². The Hall–Kier alpha value is -1.32. The summed E-state index contributed by atoms with van der Waals surface area (Å²) < 4.78 is 0. The normalized spacial score (nSPS) is 20.7. The van der Waals surface area contributed by atoms with E-state index in [0.29, 0.717) is 12.0 Å². The third kappa shape index (κ3) is 2.03. The van der Waals surface area contributed by atoms with Crippen molar-refractivity contribution in [3.05, 3.63) is 12.3 Å². The summed E-state index contributed by atoms with van der Waals surface area (Å²) in [4.78, 5) is 11.0. The number of rotatable bonds is 3. The Kier molecular flexibility index (Phi) is 3.04. The number of nitrogens with zero attached hydrogens (tertiary/aromatic N) is 3. The number of anilines is 2. The van der Waals surface area contributed by atoms with Crippen molar-refractivity contribution in [2.75, 3.05) is 23.8 Å². The molecule has 1 unspecified atom stereocenters. The molecule has 15 heavy (non-hydrogen) atoms. The molecule has 0 aliphatic carbocycles. The summed E-state index contributed by atoms with van der Waals surface area (Å²) in [6.07, 6.45) is 5.57. The lowest BCUT2D eigenvalue weighted by Gasteiger charge is -2.24. The van der Waals surface area contributed by atoms with Crippen LogP contribution in [0.4, 0.5) is 11.8 Å². The van der Waals surface area contributed by atoms with Gasteiger partial charge in [0.1, 0.15) is 5.82 Å². The van der Waals surface area contributed by atoms with Crippen LogP contribution in [0, 0.1) is 0 Å². The van der Waals surface area contributed by atoms with Crippen molar-refractivity contribution >= 4 is 11.8 Å². The Bertz CT molecular complexity index is 326. The average molecular weight is 206 g/mol. The van der Waals surface area contributed by atoms with E-state index in [1.807, 2.05) is 19.3 Å². The van der Waals surface area contributed by atoms with E-state index in [1.54, 1.807) is 0 Å². The van der Waals surface area contributed by atoms with E-state index >= 15 is 0 Å². The van der Waals surface area contributed by atoms with E-state index in [4.69, 9.17) is 0 Å². The SMILES string of the molecule is CCC1CCCN1c1ccnc(NC)n1. The highest BCUT2D eigenvalue weighted by Crippen LogP contribution is 2.25. The molecule has 1 aromatic heterocycles. The summed E-state index contributed by atoms with van der Waals surface area (Å²) in [7, 11) is 1.85. The summed E-state index contributed by atoms with van der Waals surface area (Å²) >= 11 is 0. The maximum atomic E-state index is 4.48. The van der Waals surface area contributed by atoms with Crippen molar-refractivity contribution in [2.45, 2.75) is 32.2 Å². The Morgan fingerprint density at radius 3 is 3.20 bits per heavy atom. The van der Waals surface area contributed by atoms with Gasteiger partial charge in [0.2, 0.25) is 5.95 Å². The van der Waals surface area contributed by atoms with Crippen molar-refractivity contribution in [2.24, 2.45) is 0 Å². The lowest BCUT2D eigenvalue weighted by Crippen LogP contribution is -2.29. The minimum Gasteiger partial charge on any atom is -0.357 e. The monoisotopic (exact) mass is 206 g/mol. The molecule has 1 aliphatic rings. The zero-order chi connectivity index (χ0) is 10.7. The predicted molar refractivity (Wildman–Crippen MR) is 62.2 cm³/mol. The van der Waals surface area contributed by atoms with E-state index in [9.17, 15) is 0 Å². The van der Waals surface area contributed by atoms with Crippen LogP contribution in [0.3, 0.4) is 0 Å². The van der Waals surface area contributed by atoms with E-state index < -0.39 is 0 Å². The maximum absolute atomic E-state index is 4.48. The summed E-state index contributed by atoms with van der Waals surface area (Å²) in [5.74, 6) is 1.76. The zero-order valence-electron chi connectivity index (χ0n) is 9.40. The van der Waals surface area contributed by atoms with Crippen LogP contribution in [0.2, 0.25) is 0 Å². The molecule has 0 bridgehead atoms. The molecule has 82 valence electrons. The van der Waals surface area contributed by atoms with Crippen molar-refractivity contribution in [3.63, 3.8) is 0 Å². The van der Waals surface area contributed by atoms with E-state index in [-0.39, 0.29) is 0 Å². The van der Waals surface area contributed by atoms with E-state index in [0.717, 1.165) is 12.4 Å². The molecule has 2 rings (SSSR count). The first kappa shape index (κ1) is 10.2. The van der Waals surface area contributed by atoms with E-state index in [1.165, 1.54) is 19.3 Å². The third-order valence-corrected chi connectivity index (χ3v) is 3.01. The molecule has 2 heterocycles. The Morgan fingerprint density at radius 1 is 1.60 bits per heavy atom. The van der Waals surface area contributed by atoms with Gasteiger partial charge in [-0.15, -0.1) is 0 Å². The third-order valence-electron chi connectivity index (χ3n) is 3.01. The highest BCUT2D eigenvalue weighted by Gasteiger charge is 2.23. The van der Waals surface area contributed by atoms with Gasteiger partial charge in [-0.3, -0.25) is 0 Å². The van der Waals surface area contributed by atoms with E-state index in [2.05, 4.69) is 27.1 Å². The molecule has 4 nitrogen and oxygen atoms in total. The first-order valence-corrected chi connectivity index (χ1v) is 5.62. The van der Waals surface area contributed by atoms with Crippen LogP contribution >= 0.6 is 0 Å². The van der Waals surface area contributed by atoms with Crippen LogP contribution in [-0.2, 0) is 0 Å². The second-order valence-corrected chi connectivity index (χ2v) is 3.89. The predicted octanol–water partition coefficient (Wildman–Crippen LogP) is 1.90. The van der Waals surface area contributed by atoms with Crippen LogP contribution in [0.1, 0.15) is 26.2 Å². The Labute approximate surface area is 90.7 Å². The second kappa shape index (κ2) is 4.47. The molecule has 0 aromatic carbocycles. The van der Waals surface area contributed by atoms with Gasteiger partial charge in [-0.2, -0.15) is 4.98 Å². The highest BCUT2D eigenvalue weighted by atomic mass is 15.3. The van der Waals surface area contributed by atoms with Crippen molar-refractivity contribution in [3.8, 4) is 0 Å². The zero-order valence-corrected chi connectivity index (χ0v) is 9.40. The summed E-state index contributed by atoms with van der Waals surface area (Å²) in [6, 6.07) is 2.65. The number of hydrogen-bond donors (Lipinski definition) is 1. The maximum Gasteiger partial charge on any atom is 0.224 e. The summed E-state index contributed by atoms with van der Waals surface area (Å²) in [6.45, 7) is 3.36. The fourth-order valence-electron chi connectivity index (χ4n) is 2.19. The largest absolute Gasteiger partial charge is 0.357 e.